The number of pyridine rings is 1. The lowest BCUT2D eigenvalue weighted by atomic mass is 10.1. The second-order valence-electron chi connectivity index (χ2n) is 9.63. The summed E-state index contributed by atoms with van der Waals surface area (Å²) in [6.07, 6.45) is 5.71. The van der Waals surface area contributed by atoms with Gasteiger partial charge in [-0.1, -0.05) is 42.5 Å². The highest BCUT2D eigenvalue weighted by Crippen LogP contribution is 2.40. The number of imidazole rings is 1. The highest BCUT2D eigenvalue weighted by Gasteiger charge is 2.23. The Bertz CT molecular complexity index is 1990. The van der Waals surface area contributed by atoms with E-state index in [1.54, 1.807) is 0 Å². The van der Waals surface area contributed by atoms with Crippen LogP contribution in [-0.4, -0.2) is 19.1 Å². The van der Waals surface area contributed by atoms with Crippen LogP contribution in [0, 0.1) is 0 Å². The van der Waals surface area contributed by atoms with Crippen LogP contribution < -0.4 is 9.64 Å². The van der Waals surface area contributed by atoms with Crippen LogP contribution >= 0.6 is 0 Å². The first-order valence-electron chi connectivity index (χ1n) is 12.9. The van der Waals surface area contributed by atoms with Crippen LogP contribution in [0.4, 0.5) is 11.4 Å². The number of nitrogens with zero attached hydrogens (tertiary/aromatic N) is 5. The number of fused-ring (bicyclic) bond motifs is 6. The van der Waals surface area contributed by atoms with E-state index >= 15 is 0 Å². The first-order valence-corrected chi connectivity index (χ1v) is 12.9. The van der Waals surface area contributed by atoms with Gasteiger partial charge in [0.05, 0.1) is 16.7 Å². The molecule has 6 heteroatoms. The molecule has 0 saturated heterocycles. The Kier molecular flexibility index (Phi) is 4.79. The van der Waals surface area contributed by atoms with Crippen molar-refractivity contribution in [2.75, 3.05) is 4.90 Å². The van der Waals surface area contributed by atoms with E-state index in [1.807, 2.05) is 55.0 Å². The molecule has 0 radical (unpaired) electrons. The first-order chi connectivity index (χ1) is 19.3. The van der Waals surface area contributed by atoms with Crippen LogP contribution in [-0.2, 0) is 6.67 Å². The Morgan fingerprint density at radius 2 is 1.49 bits per heavy atom. The Hall–Kier alpha value is -5.36. The minimum atomic E-state index is 0.686. The van der Waals surface area contributed by atoms with Crippen molar-refractivity contribution in [1.29, 1.82) is 0 Å². The van der Waals surface area contributed by atoms with Crippen molar-refractivity contribution in [2.45, 2.75) is 6.67 Å². The van der Waals surface area contributed by atoms with Crippen LogP contribution in [0.25, 0.3) is 39.0 Å². The predicted octanol–water partition coefficient (Wildman–Crippen LogP) is 7.94. The fourth-order valence-corrected chi connectivity index (χ4v) is 5.61. The second kappa shape index (κ2) is 8.60. The van der Waals surface area contributed by atoms with Crippen LogP contribution in [0.5, 0.6) is 11.5 Å². The minimum Gasteiger partial charge on any atom is -0.457 e. The van der Waals surface area contributed by atoms with Gasteiger partial charge in [0.1, 0.15) is 29.8 Å². The molecule has 1 aliphatic heterocycles. The van der Waals surface area contributed by atoms with E-state index in [4.69, 9.17) is 4.74 Å². The quantitative estimate of drug-likeness (QED) is 0.244. The summed E-state index contributed by atoms with van der Waals surface area (Å²) in [5.41, 5.74) is 5.49. The number of ether oxygens (including phenoxy) is 1. The molecule has 0 spiro atoms. The maximum atomic E-state index is 6.47. The summed E-state index contributed by atoms with van der Waals surface area (Å²) in [5.74, 6) is 3.42. The highest BCUT2D eigenvalue weighted by molar-refractivity contribution is 6.09. The lowest BCUT2D eigenvalue weighted by molar-refractivity contribution is 0.483. The Balaban J connectivity index is 1.19. The van der Waals surface area contributed by atoms with E-state index in [-0.39, 0.29) is 0 Å². The Labute approximate surface area is 225 Å². The standard InChI is InChI=1S/C33H23N5O/c1-4-13-30-26(10-1)27-16-15-25(21-31(27)38(30)32-14-5-6-17-34-32)39-24-9-7-8-23(20-24)37-22-36-19-18-35-33(36)28-11-2-3-12-29(28)37/h1-21H,22H2. The van der Waals surface area contributed by atoms with Crippen LogP contribution in [0.3, 0.4) is 0 Å². The molecule has 39 heavy (non-hydrogen) atoms. The molecule has 1 aliphatic rings. The maximum absolute atomic E-state index is 6.47. The zero-order chi connectivity index (χ0) is 25.8. The molecular weight excluding hydrogens is 482 g/mol. The number of aromatic nitrogens is 4. The zero-order valence-electron chi connectivity index (χ0n) is 21.0. The number of hydrogen-bond acceptors (Lipinski definition) is 4. The molecule has 0 atom stereocenters. The molecule has 0 aliphatic carbocycles. The molecule has 0 amide bonds. The van der Waals surface area contributed by atoms with E-state index in [0.29, 0.717) is 6.67 Å². The third-order valence-electron chi connectivity index (χ3n) is 7.33. The first kappa shape index (κ1) is 21.7. The van der Waals surface area contributed by atoms with Gasteiger partial charge in [-0.15, -0.1) is 0 Å². The average molecular weight is 506 g/mol. The van der Waals surface area contributed by atoms with E-state index in [9.17, 15) is 0 Å². The maximum Gasteiger partial charge on any atom is 0.143 e. The monoisotopic (exact) mass is 505 g/mol. The summed E-state index contributed by atoms with van der Waals surface area (Å²) in [7, 11) is 0. The third-order valence-corrected chi connectivity index (χ3v) is 7.33. The molecule has 0 fully saturated rings. The van der Waals surface area contributed by atoms with Gasteiger partial charge in [-0.3, -0.25) is 4.57 Å². The van der Waals surface area contributed by atoms with Crippen molar-refractivity contribution in [2.24, 2.45) is 0 Å². The topological polar surface area (TPSA) is 48.1 Å². The van der Waals surface area contributed by atoms with Gasteiger partial charge in [0.2, 0.25) is 0 Å². The summed E-state index contributed by atoms with van der Waals surface area (Å²) in [4.78, 5) is 11.5. The van der Waals surface area contributed by atoms with Gasteiger partial charge in [-0.05, 0) is 54.6 Å². The van der Waals surface area contributed by atoms with E-state index < -0.39 is 0 Å². The highest BCUT2D eigenvalue weighted by atomic mass is 16.5. The van der Waals surface area contributed by atoms with Gasteiger partial charge in [-0.25, -0.2) is 9.97 Å². The Morgan fingerprint density at radius 1 is 0.641 bits per heavy atom. The number of rotatable bonds is 4. The SMILES string of the molecule is c1ccc(-n2c3ccccc3c3ccc(Oc4cccc(N5Cn6ccnc6-c6ccccc65)c4)cc32)nc1. The fraction of sp³-hybridized carbons (Fsp3) is 0.0303. The third kappa shape index (κ3) is 3.49. The van der Waals surface area contributed by atoms with Gasteiger partial charge in [-0.2, -0.15) is 0 Å². The van der Waals surface area contributed by atoms with E-state index in [1.165, 1.54) is 10.8 Å². The molecule has 186 valence electrons. The lowest BCUT2D eigenvalue weighted by Crippen LogP contribution is -2.25. The molecule has 0 N–H and O–H groups in total. The predicted molar refractivity (Wildman–Crippen MR) is 155 cm³/mol. The average Bonchev–Trinajstić information content (AvgIpc) is 3.60. The van der Waals surface area contributed by atoms with Gasteiger partial charge in [0.25, 0.3) is 0 Å². The number of anilines is 2. The second-order valence-corrected chi connectivity index (χ2v) is 9.63. The number of benzene rings is 4. The number of para-hydroxylation sites is 2. The summed E-state index contributed by atoms with van der Waals surface area (Å²) < 4.78 is 10.8. The summed E-state index contributed by atoms with van der Waals surface area (Å²) in [6.45, 7) is 0.686. The van der Waals surface area contributed by atoms with Crippen molar-refractivity contribution >= 4 is 33.2 Å². The molecule has 8 rings (SSSR count). The van der Waals surface area contributed by atoms with E-state index in [0.717, 1.165) is 51.1 Å². The van der Waals surface area contributed by atoms with Crippen molar-refractivity contribution in [3.63, 3.8) is 0 Å². The van der Waals surface area contributed by atoms with Crippen LogP contribution in [0.1, 0.15) is 0 Å². The Morgan fingerprint density at radius 3 is 2.44 bits per heavy atom. The molecule has 4 aromatic carbocycles. The summed E-state index contributed by atoms with van der Waals surface area (Å²) in [5, 5.41) is 2.35. The van der Waals surface area contributed by atoms with Gasteiger partial charge >= 0.3 is 0 Å². The molecule has 6 nitrogen and oxygen atoms in total. The van der Waals surface area contributed by atoms with Crippen molar-refractivity contribution in [3.05, 3.63) is 128 Å². The van der Waals surface area contributed by atoms with Gasteiger partial charge in [0, 0.05) is 52.7 Å². The molecule has 0 saturated carbocycles. The van der Waals surface area contributed by atoms with Gasteiger partial charge < -0.3 is 14.2 Å². The van der Waals surface area contributed by atoms with Crippen LogP contribution in [0.15, 0.2) is 128 Å². The fourth-order valence-electron chi connectivity index (χ4n) is 5.61. The molecular formula is C33H23N5O. The molecule has 3 aromatic heterocycles. The number of hydrogen-bond donors (Lipinski definition) is 0. The minimum absolute atomic E-state index is 0.686. The smallest absolute Gasteiger partial charge is 0.143 e. The van der Waals surface area contributed by atoms with Gasteiger partial charge in [0.15, 0.2) is 0 Å². The lowest BCUT2D eigenvalue weighted by Gasteiger charge is -2.32. The molecule has 0 unspecified atom stereocenters. The van der Waals surface area contributed by atoms with Crippen molar-refractivity contribution in [1.82, 2.24) is 19.1 Å². The van der Waals surface area contributed by atoms with Crippen molar-refractivity contribution in [3.8, 4) is 28.7 Å². The van der Waals surface area contributed by atoms with Crippen LogP contribution in [0.2, 0.25) is 0 Å². The largest absolute Gasteiger partial charge is 0.457 e. The molecule has 0 bridgehead atoms. The molecule has 4 heterocycles. The normalized spacial score (nSPS) is 12.5. The zero-order valence-corrected chi connectivity index (χ0v) is 21.0. The van der Waals surface area contributed by atoms with E-state index in [2.05, 4.69) is 96.8 Å². The molecule has 7 aromatic rings. The van der Waals surface area contributed by atoms with Crippen molar-refractivity contribution < 1.29 is 4.74 Å². The summed E-state index contributed by atoms with van der Waals surface area (Å²) >= 11 is 0. The summed E-state index contributed by atoms with van der Waals surface area (Å²) in [6, 6.07) is 37.3.